The van der Waals surface area contributed by atoms with E-state index in [4.69, 9.17) is 4.74 Å². The van der Waals surface area contributed by atoms with Gasteiger partial charge in [-0.25, -0.2) is 0 Å². The molecule has 0 aliphatic carbocycles. The summed E-state index contributed by atoms with van der Waals surface area (Å²) in [4.78, 5) is 0. The van der Waals surface area contributed by atoms with Crippen molar-refractivity contribution in [1.29, 1.82) is 0 Å². The third-order valence-electron chi connectivity index (χ3n) is 3.22. The second-order valence-corrected chi connectivity index (χ2v) is 7.10. The average Bonchev–Trinajstić information content (AvgIpc) is 2.13. The predicted octanol–water partition coefficient (Wildman–Crippen LogP) is 4.99. The number of rotatable bonds is 2. The van der Waals surface area contributed by atoms with E-state index in [-0.39, 0.29) is 10.8 Å². The molecule has 1 aromatic rings. The summed E-state index contributed by atoms with van der Waals surface area (Å²) < 4.78 is 5.88. The lowest BCUT2D eigenvalue weighted by Crippen LogP contribution is -2.18. The summed E-state index contributed by atoms with van der Waals surface area (Å²) in [5, 5.41) is 0. The fraction of sp³-hybridized carbons (Fsp3) is 0.647. The monoisotopic (exact) mass is 248 g/mol. The molecule has 0 saturated heterocycles. The van der Waals surface area contributed by atoms with Crippen molar-refractivity contribution in [1.82, 2.24) is 0 Å². The summed E-state index contributed by atoms with van der Waals surface area (Å²) in [5.74, 6) is 1.05. The fourth-order valence-corrected chi connectivity index (χ4v) is 2.42. The van der Waals surface area contributed by atoms with Crippen molar-refractivity contribution in [2.75, 3.05) is 6.61 Å². The largest absolute Gasteiger partial charge is 0.494 e. The van der Waals surface area contributed by atoms with Crippen molar-refractivity contribution in [3.8, 4) is 5.75 Å². The minimum Gasteiger partial charge on any atom is -0.494 e. The lowest BCUT2D eigenvalue weighted by atomic mass is 9.79. The van der Waals surface area contributed by atoms with Crippen LogP contribution in [0.4, 0.5) is 0 Å². The van der Waals surface area contributed by atoms with E-state index in [1.807, 2.05) is 6.92 Å². The number of hydrogen-bond acceptors (Lipinski definition) is 1. The quantitative estimate of drug-likeness (QED) is 0.716. The second-order valence-electron chi connectivity index (χ2n) is 7.10. The first-order valence-electron chi connectivity index (χ1n) is 6.85. The second kappa shape index (κ2) is 4.95. The Morgan fingerprint density at radius 2 is 1.50 bits per heavy atom. The average molecular weight is 248 g/mol. The number of benzene rings is 1. The third kappa shape index (κ3) is 3.28. The van der Waals surface area contributed by atoms with Crippen LogP contribution >= 0.6 is 0 Å². The molecule has 0 N–H and O–H groups in total. The molecule has 0 heterocycles. The lowest BCUT2D eigenvalue weighted by Gasteiger charge is -2.28. The van der Waals surface area contributed by atoms with Crippen LogP contribution in [0.15, 0.2) is 12.1 Å². The Hall–Kier alpha value is -0.980. The highest BCUT2D eigenvalue weighted by atomic mass is 16.5. The Balaban J connectivity index is 3.46. The summed E-state index contributed by atoms with van der Waals surface area (Å²) in [7, 11) is 0. The molecular weight excluding hydrogens is 220 g/mol. The first-order valence-corrected chi connectivity index (χ1v) is 6.85. The Kier molecular flexibility index (Phi) is 4.15. The molecule has 0 radical (unpaired) electrons. The van der Waals surface area contributed by atoms with E-state index in [0.717, 1.165) is 12.4 Å². The highest BCUT2D eigenvalue weighted by Crippen LogP contribution is 2.38. The van der Waals surface area contributed by atoms with Gasteiger partial charge in [0.2, 0.25) is 0 Å². The van der Waals surface area contributed by atoms with Crippen LogP contribution in [0.3, 0.4) is 0 Å². The van der Waals surface area contributed by atoms with Gasteiger partial charge in [0.15, 0.2) is 0 Å². The van der Waals surface area contributed by atoms with E-state index in [1.165, 1.54) is 16.7 Å². The van der Waals surface area contributed by atoms with Gasteiger partial charge in [-0.3, -0.25) is 0 Å². The van der Waals surface area contributed by atoms with Crippen LogP contribution in [0.2, 0.25) is 0 Å². The molecule has 0 spiro atoms. The normalized spacial score (nSPS) is 12.7. The van der Waals surface area contributed by atoms with Crippen LogP contribution in [-0.2, 0) is 10.8 Å². The molecule has 18 heavy (non-hydrogen) atoms. The molecule has 0 atom stereocenters. The van der Waals surface area contributed by atoms with Gasteiger partial charge in [0.25, 0.3) is 0 Å². The van der Waals surface area contributed by atoms with Crippen LogP contribution in [0.1, 0.15) is 65.2 Å². The van der Waals surface area contributed by atoms with Crippen molar-refractivity contribution in [2.24, 2.45) is 0 Å². The van der Waals surface area contributed by atoms with Gasteiger partial charge < -0.3 is 4.74 Å². The van der Waals surface area contributed by atoms with Crippen LogP contribution in [0, 0.1) is 6.92 Å². The molecule has 0 unspecified atom stereocenters. The van der Waals surface area contributed by atoms with Gasteiger partial charge in [-0.2, -0.15) is 0 Å². The van der Waals surface area contributed by atoms with Gasteiger partial charge in [-0.15, -0.1) is 0 Å². The van der Waals surface area contributed by atoms with Crippen LogP contribution < -0.4 is 4.74 Å². The summed E-state index contributed by atoms with van der Waals surface area (Å²) in [6.07, 6.45) is 0. The first kappa shape index (κ1) is 15.1. The molecule has 0 aliphatic rings. The van der Waals surface area contributed by atoms with E-state index >= 15 is 0 Å². The molecular formula is C17H28O. The number of ether oxygens (including phenoxy) is 1. The Bertz CT molecular complexity index is 416. The minimum atomic E-state index is 0.116. The summed E-state index contributed by atoms with van der Waals surface area (Å²) in [5.41, 5.74) is 4.28. The SMILES string of the molecule is CCOc1cc(C(C)(C)C)cc(C)c1C(C)(C)C. The van der Waals surface area contributed by atoms with Crippen molar-refractivity contribution < 1.29 is 4.74 Å². The zero-order valence-electron chi connectivity index (χ0n) is 13.3. The molecule has 1 aromatic carbocycles. The van der Waals surface area contributed by atoms with E-state index in [1.54, 1.807) is 0 Å². The smallest absolute Gasteiger partial charge is 0.123 e. The molecule has 0 amide bonds. The Morgan fingerprint density at radius 1 is 0.944 bits per heavy atom. The molecule has 0 fully saturated rings. The van der Waals surface area contributed by atoms with Gasteiger partial charge in [0.05, 0.1) is 6.61 Å². The topological polar surface area (TPSA) is 9.23 Å². The highest BCUT2D eigenvalue weighted by Gasteiger charge is 2.24. The van der Waals surface area contributed by atoms with E-state index in [0.29, 0.717) is 0 Å². The van der Waals surface area contributed by atoms with Crippen molar-refractivity contribution >= 4 is 0 Å². The van der Waals surface area contributed by atoms with Gasteiger partial charge in [0, 0.05) is 5.56 Å². The standard InChI is InChI=1S/C17H28O/c1-9-18-14-11-13(16(3,4)5)10-12(2)15(14)17(6,7)8/h10-11H,9H2,1-8H3. The first-order chi connectivity index (χ1) is 8.07. The summed E-state index contributed by atoms with van der Waals surface area (Å²) in [6, 6.07) is 4.53. The number of aryl methyl sites for hydroxylation is 1. The Morgan fingerprint density at radius 3 is 1.89 bits per heavy atom. The van der Waals surface area contributed by atoms with Crippen LogP contribution in [0.25, 0.3) is 0 Å². The zero-order chi connectivity index (χ0) is 14.1. The minimum absolute atomic E-state index is 0.116. The van der Waals surface area contributed by atoms with Crippen LogP contribution in [0.5, 0.6) is 5.75 Å². The predicted molar refractivity (Wildman–Crippen MR) is 79.7 cm³/mol. The van der Waals surface area contributed by atoms with Gasteiger partial charge in [0.1, 0.15) is 5.75 Å². The van der Waals surface area contributed by atoms with Gasteiger partial charge >= 0.3 is 0 Å². The molecule has 1 nitrogen and oxygen atoms in total. The molecule has 0 saturated carbocycles. The van der Waals surface area contributed by atoms with Crippen LogP contribution in [-0.4, -0.2) is 6.61 Å². The summed E-state index contributed by atoms with van der Waals surface area (Å²) in [6.45, 7) is 18.4. The van der Waals surface area contributed by atoms with Gasteiger partial charge in [-0.05, 0) is 41.9 Å². The lowest BCUT2D eigenvalue weighted by molar-refractivity contribution is 0.328. The van der Waals surface area contributed by atoms with Crippen molar-refractivity contribution in [3.05, 3.63) is 28.8 Å². The highest BCUT2D eigenvalue weighted by molar-refractivity contribution is 5.48. The molecule has 0 bridgehead atoms. The maximum absolute atomic E-state index is 5.88. The maximum atomic E-state index is 5.88. The molecule has 1 heteroatoms. The third-order valence-corrected chi connectivity index (χ3v) is 3.22. The van der Waals surface area contributed by atoms with E-state index in [2.05, 4.69) is 60.6 Å². The fourth-order valence-electron chi connectivity index (χ4n) is 2.42. The van der Waals surface area contributed by atoms with E-state index in [9.17, 15) is 0 Å². The number of hydrogen-bond donors (Lipinski definition) is 0. The van der Waals surface area contributed by atoms with Crippen molar-refractivity contribution in [2.45, 2.75) is 66.2 Å². The maximum Gasteiger partial charge on any atom is 0.123 e. The summed E-state index contributed by atoms with van der Waals surface area (Å²) >= 11 is 0. The molecule has 102 valence electrons. The Labute approximate surface area is 113 Å². The van der Waals surface area contributed by atoms with E-state index < -0.39 is 0 Å². The molecule has 1 rings (SSSR count). The van der Waals surface area contributed by atoms with Gasteiger partial charge in [-0.1, -0.05) is 47.6 Å². The molecule has 0 aromatic heterocycles. The zero-order valence-corrected chi connectivity index (χ0v) is 13.3. The van der Waals surface area contributed by atoms with Crippen molar-refractivity contribution in [3.63, 3.8) is 0 Å². The molecule has 0 aliphatic heterocycles.